The number of hydrogen-bond donors (Lipinski definition) is 0. The number of aromatic nitrogens is 1. The predicted octanol–water partition coefficient (Wildman–Crippen LogP) is 18.5. The Kier molecular flexibility index (Phi) is 9.10. The number of fused-ring (bicyclic) bond motifs is 16. The van der Waals surface area contributed by atoms with E-state index < -0.39 is 0 Å². The van der Waals surface area contributed by atoms with Gasteiger partial charge in [0.05, 0.1) is 11.0 Å². The molecule has 0 bridgehead atoms. The van der Waals surface area contributed by atoms with Crippen LogP contribution < -0.4 is 15.7 Å². The van der Waals surface area contributed by atoms with Gasteiger partial charge in [-0.25, -0.2) is 0 Å². The van der Waals surface area contributed by atoms with E-state index in [1.54, 1.807) is 0 Å². The lowest BCUT2D eigenvalue weighted by molar-refractivity contribution is 0.332. The van der Waals surface area contributed by atoms with Gasteiger partial charge in [0.25, 0.3) is 0 Å². The maximum Gasteiger partial charge on any atom is 0.333 e. The Labute approximate surface area is 446 Å². The molecule has 5 heterocycles. The van der Waals surface area contributed by atoms with Gasteiger partial charge in [0, 0.05) is 70.1 Å². The van der Waals surface area contributed by atoms with Crippen LogP contribution in [0.2, 0.25) is 0 Å². The van der Waals surface area contributed by atoms with Crippen LogP contribution in [0.25, 0.3) is 92.2 Å². The lowest BCUT2D eigenvalue weighted by Gasteiger charge is -2.46. The molecule has 0 spiro atoms. The van der Waals surface area contributed by atoms with Gasteiger partial charge in [0.1, 0.15) is 11.3 Å². The first-order valence-corrected chi connectivity index (χ1v) is 28.4. The van der Waals surface area contributed by atoms with Crippen molar-refractivity contribution in [3.63, 3.8) is 0 Å². The molecule has 370 valence electrons. The molecule has 8 aromatic carbocycles. The molecular weight excluding hydrogens is 928 g/mol. The maximum atomic E-state index is 7.38. The fourth-order valence-corrected chi connectivity index (χ4v) is 15.8. The molecule has 0 N–H and O–H groups in total. The summed E-state index contributed by atoms with van der Waals surface area (Å²) in [6, 6.07) is 56.3. The Hall–Kier alpha value is -6.82. The van der Waals surface area contributed by atoms with Crippen molar-refractivity contribution in [2.75, 3.05) is 4.81 Å². The van der Waals surface area contributed by atoms with Crippen molar-refractivity contribution in [3.05, 3.63) is 173 Å². The second kappa shape index (κ2) is 15.0. The van der Waals surface area contributed by atoms with Gasteiger partial charge >= 0.3 is 6.85 Å². The summed E-state index contributed by atoms with van der Waals surface area (Å²) in [6.45, 7) is 26.7. The van der Waals surface area contributed by atoms with Crippen LogP contribution in [0.4, 0.5) is 11.4 Å². The molecule has 2 aliphatic carbocycles. The summed E-state index contributed by atoms with van der Waals surface area (Å²) in [6.07, 6.45) is 4.63. The molecule has 15 rings (SSSR count). The van der Waals surface area contributed by atoms with Gasteiger partial charge in [-0.05, 0) is 157 Å². The summed E-state index contributed by atoms with van der Waals surface area (Å²) in [5.74, 6) is 0.907. The van der Waals surface area contributed by atoms with Crippen molar-refractivity contribution in [2.24, 2.45) is 0 Å². The van der Waals surface area contributed by atoms with E-state index in [4.69, 9.17) is 4.42 Å². The van der Waals surface area contributed by atoms with Crippen molar-refractivity contribution < 1.29 is 4.42 Å². The van der Waals surface area contributed by atoms with E-state index in [0.29, 0.717) is 0 Å². The maximum absolute atomic E-state index is 7.38. The molecule has 0 saturated carbocycles. The van der Waals surface area contributed by atoms with Crippen LogP contribution in [0.1, 0.15) is 130 Å². The second-order valence-corrected chi connectivity index (χ2v) is 27.6. The van der Waals surface area contributed by atoms with Gasteiger partial charge in [-0.3, -0.25) is 0 Å². The molecule has 0 amide bonds. The highest BCUT2D eigenvalue weighted by Crippen LogP contribution is 2.58. The fraction of sp³-hybridized carbons (Fsp3) is 0.286. The van der Waals surface area contributed by atoms with E-state index in [0.717, 1.165) is 59.1 Å². The van der Waals surface area contributed by atoms with Crippen molar-refractivity contribution >= 4 is 93.4 Å². The highest BCUT2D eigenvalue weighted by Gasteiger charge is 2.49. The molecular formula is C70H65BN2OS. The average molecular weight is 993 g/mol. The average Bonchev–Trinajstić information content (AvgIpc) is 4.31. The Morgan fingerprint density at radius 1 is 0.533 bits per heavy atom. The molecule has 0 saturated heterocycles. The van der Waals surface area contributed by atoms with Gasteiger partial charge in [-0.15, -0.1) is 11.3 Å². The molecule has 0 unspecified atom stereocenters. The third-order valence-corrected chi connectivity index (χ3v) is 20.2. The lowest BCUT2D eigenvalue weighted by atomic mass is 9.43. The number of benzene rings is 8. The van der Waals surface area contributed by atoms with Crippen LogP contribution >= 0.6 is 11.3 Å². The van der Waals surface area contributed by atoms with E-state index in [-0.39, 0.29) is 33.9 Å². The standard InChI is InChI=1S/C70H65BN2OS/c1-66(2,3)42-26-28-43(29-27-42)73-54-38-51-49(68(6,7)31-33-70(51,10)11)35-46(54)59-60-44-24-18-19-25-57(44)75-65(60)61-45-34-48-50(69(8,9)32-30-67(48,4)5)37-53(45)72-55-36-47-56(39-52(55)71(73)62(59)63(61)72)74-64(41-22-16-13-17-23-41)58(47)40-20-14-12-15-21-40/h12-29,34-39H,30-33H2,1-11H3. The van der Waals surface area contributed by atoms with Gasteiger partial charge in [-0.2, -0.15) is 0 Å². The predicted molar refractivity (Wildman–Crippen MR) is 323 cm³/mol. The SMILES string of the molecule is CC(C)(C)c1ccc(N2B3c4cc5oc(-c6ccccc6)c(-c6ccccc6)c5cc4-n4c5cc6c(cc5c5c7sc8ccccc8c7c(c3c54)-c3cc4c(cc32)C(C)(C)CCC4(C)C)C(C)(C)CCC6(C)C)cc1. The van der Waals surface area contributed by atoms with Crippen molar-refractivity contribution in [2.45, 2.75) is 129 Å². The number of nitrogens with zero attached hydrogens (tertiary/aromatic N) is 2. The van der Waals surface area contributed by atoms with Crippen LogP contribution in [-0.4, -0.2) is 11.4 Å². The zero-order valence-electron chi connectivity index (χ0n) is 45.5. The summed E-state index contributed by atoms with van der Waals surface area (Å²) < 4.78 is 12.9. The second-order valence-electron chi connectivity index (χ2n) is 26.5. The number of rotatable bonds is 3. The van der Waals surface area contributed by atoms with E-state index in [1.807, 2.05) is 11.3 Å². The van der Waals surface area contributed by atoms with Gasteiger partial charge in [-0.1, -0.05) is 167 Å². The molecule has 3 aromatic heterocycles. The minimum atomic E-state index is -0.180. The number of thiophene rings is 1. The van der Waals surface area contributed by atoms with E-state index in [9.17, 15) is 0 Å². The molecule has 5 heteroatoms. The Morgan fingerprint density at radius 3 is 1.77 bits per heavy atom. The van der Waals surface area contributed by atoms with Crippen LogP contribution in [0.5, 0.6) is 0 Å². The third kappa shape index (κ3) is 6.22. The van der Waals surface area contributed by atoms with Gasteiger partial charge in [0.15, 0.2) is 0 Å². The van der Waals surface area contributed by atoms with Crippen LogP contribution in [0, 0.1) is 0 Å². The first-order valence-electron chi connectivity index (χ1n) is 27.6. The third-order valence-electron chi connectivity index (χ3n) is 19.0. The zero-order valence-corrected chi connectivity index (χ0v) is 46.3. The summed E-state index contributed by atoms with van der Waals surface area (Å²) in [5.41, 5.74) is 23.5. The molecule has 0 atom stereocenters. The lowest BCUT2D eigenvalue weighted by Crippen LogP contribution is -2.60. The molecule has 0 radical (unpaired) electrons. The molecule has 11 aromatic rings. The molecule has 75 heavy (non-hydrogen) atoms. The molecule has 2 aliphatic heterocycles. The Balaban J connectivity index is 1.19. The Bertz CT molecular complexity index is 4270. The van der Waals surface area contributed by atoms with E-state index in [2.05, 4.69) is 231 Å². The van der Waals surface area contributed by atoms with E-state index in [1.165, 1.54) is 109 Å². The summed E-state index contributed by atoms with van der Waals surface area (Å²) >= 11 is 2.00. The zero-order chi connectivity index (χ0) is 51.5. The number of anilines is 2. The smallest absolute Gasteiger partial charge is 0.333 e. The molecule has 3 nitrogen and oxygen atoms in total. The summed E-state index contributed by atoms with van der Waals surface area (Å²) in [4.78, 5) is 2.77. The molecule has 0 fully saturated rings. The Morgan fingerprint density at radius 2 is 1.12 bits per heavy atom. The summed E-state index contributed by atoms with van der Waals surface area (Å²) in [5, 5.41) is 6.64. The first-order chi connectivity index (χ1) is 35.8. The van der Waals surface area contributed by atoms with E-state index >= 15 is 0 Å². The normalized spacial score (nSPS) is 17.7. The fourth-order valence-electron chi connectivity index (χ4n) is 14.6. The van der Waals surface area contributed by atoms with Gasteiger partial charge in [0.2, 0.25) is 0 Å². The topological polar surface area (TPSA) is 21.3 Å². The largest absolute Gasteiger partial charge is 0.455 e. The van der Waals surface area contributed by atoms with Crippen molar-refractivity contribution in [1.29, 1.82) is 0 Å². The van der Waals surface area contributed by atoms with Crippen LogP contribution in [0.3, 0.4) is 0 Å². The van der Waals surface area contributed by atoms with Gasteiger partial charge < -0.3 is 13.8 Å². The first kappa shape index (κ1) is 45.6. The van der Waals surface area contributed by atoms with Crippen LogP contribution in [0.15, 0.2) is 150 Å². The monoisotopic (exact) mass is 992 g/mol. The van der Waals surface area contributed by atoms with Crippen molar-refractivity contribution in [3.8, 4) is 39.3 Å². The quantitative estimate of drug-likeness (QED) is 0.165. The minimum absolute atomic E-state index is 0.00977. The molecule has 4 aliphatic rings. The summed E-state index contributed by atoms with van der Waals surface area (Å²) in [7, 11) is 0. The number of furan rings is 1. The highest BCUT2D eigenvalue weighted by atomic mass is 32.1. The highest BCUT2D eigenvalue weighted by molar-refractivity contribution is 7.27. The van der Waals surface area contributed by atoms with Crippen LogP contribution in [-0.2, 0) is 27.1 Å². The van der Waals surface area contributed by atoms with Crippen molar-refractivity contribution in [1.82, 2.24) is 4.57 Å². The minimum Gasteiger partial charge on any atom is -0.455 e. The number of hydrogen-bond acceptors (Lipinski definition) is 3.